The van der Waals surface area contributed by atoms with Gasteiger partial charge >= 0.3 is 6.09 Å². The summed E-state index contributed by atoms with van der Waals surface area (Å²) in [5, 5.41) is 2.87. The van der Waals surface area contributed by atoms with Crippen molar-refractivity contribution in [2.75, 3.05) is 38.0 Å². The van der Waals surface area contributed by atoms with Gasteiger partial charge in [-0.15, -0.1) is 0 Å². The Morgan fingerprint density at radius 1 is 0.925 bits per heavy atom. The average molecular weight is 543 g/mol. The van der Waals surface area contributed by atoms with Crippen LogP contribution >= 0.6 is 0 Å². The second-order valence-corrected chi connectivity index (χ2v) is 10.5. The summed E-state index contributed by atoms with van der Waals surface area (Å²) in [6, 6.07) is 17.6. The van der Waals surface area contributed by atoms with Gasteiger partial charge in [-0.3, -0.25) is 19.6 Å². The normalized spacial score (nSPS) is 18.3. The van der Waals surface area contributed by atoms with Crippen molar-refractivity contribution >= 4 is 17.7 Å². The van der Waals surface area contributed by atoms with Crippen molar-refractivity contribution in [1.29, 1.82) is 0 Å². The predicted molar refractivity (Wildman–Crippen MR) is 154 cm³/mol. The number of ether oxygens (including phenoxy) is 1. The molecule has 1 aromatic carbocycles. The van der Waals surface area contributed by atoms with E-state index in [-0.39, 0.29) is 11.8 Å². The van der Waals surface area contributed by atoms with Crippen LogP contribution < -0.4 is 10.1 Å². The number of rotatable bonds is 8. The zero-order valence-corrected chi connectivity index (χ0v) is 23.2. The van der Waals surface area contributed by atoms with Crippen LogP contribution in [0.2, 0.25) is 0 Å². The first kappa shape index (κ1) is 27.7. The van der Waals surface area contributed by atoms with Crippen molar-refractivity contribution in [1.82, 2.24) is 24.7 Å². The number of anilines is 1. The van der Waals surface area contributed by atoms with Gasteiger partial charge in [-0.2, -0.15) is 0 Å². The number of benzene rings is 1. The third-order valence-corrected chi connectivity index (χ3v) is 7.75. The van der Waals surface area contributed by atoms with E-state index in [9.17, 15) is 9.59 Å². The van der Waals surface area contributed by atoms with E-state index in [4.69, 9.17) is 4.74 Å². The third-order valence-electron chi connectivity index (χ3n) is 7.75. The molecule has 0 radical (unpaired) electrons. The van der Waals surface area contributed by atoms with Crippen LogP contribution in [-0.4, -0.2) is 75.4 Å². The fourth-order valence-corrected chi connectivity index (χ4v) is 5.41. The topological polar surface area (TPSA) is 90.9 Å². The molecule has 2 aliphatic rings. The Morgan fingerprint density at radius 3 is 2.45 bits per heavy atom. The van der Waals surface area contributed by atoms with Gasteiger partial charge in [0.05, 0.1) is 17.6 Å². The molecule has 2 fully saturated rings. The molecule has 2 aromatic heterocycles. The molecule has 0 saturated carbocycles. The van der Waals surface area contributed by atoms with Gasteiger partial charge in [0.15, 0.2) is 0 Å². The van der Waals surface area contributed by atoms with Crippen LogP contribution in [0, 0.1) is 0 Å². The fourth-order valence-electron chi connectivity index (χ4n) is 5.41. The number of carbonyl (C=O) groups excluding carboxylic acids is 2. The van der Waals surface area contributed by atoms with Crippen LogP contribution in [0.1, 0.15) is 54.2 Å². The molecular formula is C31H38N6O3. The predicted octanol–water partition coefficient (Wildman–Crippen LogP) is 4.81. The lowest BCUT2D eigenvalue weighted by Crippen LogP contribution is -2.49. The highest BCUT2D eigenvalue weighted by molar-refractivity contribution is 6.04. The maximum Gasteiger partial charge on any atom is 0.416 e. The number of hydrogen-bond donors (Lipinski definition) is 1. The number of nitrogens with one attached hydrogen (secondary N) is 1. The van der Waals surface area contributed by atoms with Gasteiger partial charge in [-0.25, -0.2) is 9.78 Å². The second-order valence-electron chi connectivity index (χ2n) is 10.5. The van der Waals surface area contributed by atoms with E-state index < -0.39 is 6.09 Å². The number of nitrogens with zero attached hydrogens (tertiary/aromatic N) is 5. The Bertz CT molecular complexity index is 1240. The Labute approximate surface area is 236 Å². The lowest BCUT2D eigenvalue weighted by atomic mass is 9.99. The van der Waals surface area contributed by atoms with Crippen molar-refractivity contribution in [3.63, 3.8) is 0 Å². The molecule has 1 atom stereocenters. The van der Waals surface area contributed by atoms with E-state index in [1.165, 1.54) is 37.4 Å². The molecule has 1 N–H and O–H groups in total. The molecule has 3 aromatic rings. The summed E-state index contributed by atoms with van der Waals surface area (Å²) in [4.78, 5) is 40.5. The summed E-state index contributed by atoms with van der Waals surface area (Å²) in [5.41, 5.74) is 3.37. The number of likely N-dealkylation sites (tertiary alicyclic amines) is 1. The standard InChI is InChI=1S/C31H38N6O3/c1-2-28-8-4-6-16-37(28)22-24-9-11-25(12-10-24)30(38)34-26-13-14-29(33-21-26)40-31(39)36-19-17-35(18-20-36)23-27-7-3-5-15-32-27/h3,5,7,9-15,21,28H,2,4,6,8,16-20,22-23H2,1H3,(H,34,38). The highest BCUT2D eigenvalue weighted by Crippen LogP contribution is 2.22. The zero-order chi connectivity index (χ0) is 27.7. The summed E-state index contributed by atoms with van der Waals surface area (Å²) >= 11 is 0. The minimum Gasteiger partial charge on any atom is -0.391 e. The number of piperazine rings is 1. The van der Waals surface area contributed by atoms with Gasteiger partial charge in [-0.05, 0) is 61.7 Å². The molecule has 2 amide bonds. The first-order valence-corrected chi connectivity index (χ1v) is 14.3. The van der Waals surface area contributed by atoms with Crippen LogP contribution in [0.4, 0.5) is 10.5 Å². The SMILES string of the molecule is CCC1CCCCN1Cc1ccc(C(=O)Nc2ccc(OC(=O)N3CCN(Cc4ccccn4)CC3)nc2)cc1. The van der Waals surface area contributed by atoms with Crippen molar-refractivity contribution in [3.8, 4) is 5.88 Å². The molecular weight excluding hydrogens is 504 g/mol. The molecule has 5 rings (SSSR count). The quantitative estimate of drug-likeness (QED) is 0.437. The molecule has 0 aliphatic carbocycles. The van der Waals surface area contributed by atoms with E-state index in [2.05, 4.69) is 32.0 Å². The van der Waals surface area contributed by atoms with E-state index in [0.29, 0.717) is 30.4 Å². The molecule has 210 valence electrons. The Kier molecular flexibility index (Phi) is 9.36. The van der Waals surface area contributed by atoms with Gasteiger partial charge < -0.3 is 15.0 Å². The highest BCUT2D eigenvalue weighted by atomic mass is 16.6. The summed E-state index contributed by atoms with van der Waals surface area (Å²) < 4.78 is 5.47. The molecule has 40 heavy (non-hydrogen) atoms. The van der Waals surface area contributed by atoms with Gasteiger partial charge in [0.1, 0.15) is 0 Å². The fraction of sp³-hybridized carbons (Fsp3) is 0.419. The Balaban J connectivity index is 1.07. The van der Waals surface area contributed by atoms with Crippen LogP contribution in [0.25, 0.3) is 0 Å². The summed E-state index contributed by atoms with van der Waals surface area (Å²) in [6.45, 7) is 7.75. The zero-order valence-electron chi connectivity index (χ0n) is 23.2. The monoisotopic (exact) mass is 542 g/mol. The van der Waals surface area contributed by atoms with Gasteiger partial charge in [0.25, 0.3) is 5.91 Å². The Morgan fingerprint density at radius 2 is 1.75 bits per heavy atom. The molecule has 1 unspecified atom stereocenters. The smallest absolute Gasteiger partial charge is 0.391 e. The Hall–Kier alpha value is -3.82. The van der Waals surface area contributed by atoms with Crippen molar-refractivity contribution in [3.05, 3.63) is 83.8 Å². The minimum absolute atomic E-state index is 0.200. The average Bonchev–Trinajstić information content (AvgIpc) is 2.99. The number of piperidine rings is 1. The number of aromatic nitrogens is 2. The first-order valence-electron chi connectivity index (χ1n) is 14.3. The van der Waals surface area contributed by atoms with Gasteiger partial charge in [0, 0.05) is 63.1 Å². The second kappa shape index (κ2) is 13.5. The summed E-state index contributed by atoms with van der Waals surface area (Å²) in [6.07, 6.45) is 7.90. The number of pyridine rings is 2. The number of amides is 2. The highest BCUT2D eigenvalue weighted by Gasteiger charge is 2.23. The minimum atomic E-state index is -0.420. The van der Waals surface area contributed by atoms with Crippen molar-refractivity contribution in [2.45, 2.75) is 51.7 Å². The number of carbonyl (C=O) groups is 2. The lowest BCUT2D eigenvalue weighted by molar-refractivity contribution is 0.102. The molecule has 4 heterocycles. The molecule has 0 bridgehead atoms. The van der Waals surface area contributed by atoms with E-state index in [1.807, 2.05) is 42.5 Å². The molecule has 0 spiro atoms. The third kappa shape index (κ3) is 7.43. The summed E-state index contributed by atoms with van der Waals surface area (Å²) in [7, 11) is 0. The summed E-state index contributed by atoms with van der Waals surface area (Å²) in [5.74, 6) is -0.00237. The van der Waals surface area contributed by atoms with E-state index in [1.54, 1.807) is 23.2 Å². The van der Waals surface area contributed by atoms with Gasteiger partial charge in [-0.1, -0.05) is 31.5 Å². The van der Waals surface area contributed by atoms with Crippen molar-refractivity contribution in [2.24, 2.45) is 0 Å². The molecule has 9 heteroatoms. The van der Waals surface area contributed by atoms with Crippen LogP contribution in [0.5, 0.6) is 5.88 Å². The maximum atomic E-state index is 12.8. The molecule has 2 saturated heterocycles. The van der Waals surface area contributed by atoms with E-state index in [0.717, 1.165) is 38.4 Å². The largest absolute Gasteiger partial charge is 0.416 e. The van der Waals surface area contributed by atoms with Crippen LogP contribution in [0.15, 0.2) is 67.0 Å². The lowest BCUT2D eigenvalue weighted by Gasteiger charge is -2.35. The molecule has 9 nitrogen and oxygen atoms in total. The van der Waals surface area contributed by atoms with Crippen LogP contribution in [-0.2, 0) is 13.1 Å². The van der Waals surface area contributed by atoms with Crippen molar-refractivity contribution < 1.29 is 14.3 Å². The van der Waals surface area contributed by atoms with E-state index >= 15 is 0 Å². The first-order chi connectivity index (χ1) is 19.6. The molecule has 2 aliphatic heterocycles. The maximum absolute atomic E-state index is 12.8. The van der Waals surface area contributed by atoms with Gasteiger partial charge in [0.2, 0.25) is 5.88 Å². The van der Waals surface area contributed by atoms with Crippen LogP contribution in [0.3, 0.4) is 0 Å². The number of hydrogen-bond acceptors (Lipinski definition) is 7.